The van der Waals surface area contributed by atoms with Gasteiger partial charge in [0.05, 0.1) is 37.3 Å². The second-order valence-electron chi connectivity index (χ2n) is 14.0. The summed E-state index contributed by atoms with van der Waals surface area (Å²) in [6.07, 6.45) is 5.16. The molecule has 58 heavy (non-hydrogen) atoms. The first-order chi connectivity index (χ1) is 28.0. The highest BCUT2D eigenvalue weighted by molar-refractivity contribution is 7.22. The molecule has 6 nitrogen and oxygen atoms in total. The summed E-state index contributed by atoms with van der Waals surface area (Å²) in [5.74, 6) is -3.22. The zero-order chi connectivity index (χ0) is 40.7. The summed E-state index contributed by atoms with van der Waals surface area (Å²) in [6.45, 7) is 0.285. The number of benzene rings is 4. The molecule has 1 fully saturated rings. The summed E-state index contributed by atoms with van der Waals surface area (Å²) in [5.41, 5.74) is 3.32. The van der Waals surface area contributed by atoms with E-state index in [1.807, 2.05) is 60.7 Å². The largest absolute Gasteiger partial charge is 0.496 e. The number of carbonyl (C=O) groups is 2. The van der Waals surface area contributed by atoms with Gasteiger partial charge in [0.2, 0.25) is 0 Å². The van der Waals surface area contributed by atoms with Gasteiger partial charge in [0.1, 0.15) is 38.8 Å². The maximum Gasteiger partial charge on any atom is 0.266 e. The first kappa shape index (κ1) is 39.8. The molecule has 0 N–H and O–H groups in total. The molecule has 0 bridgehead atoms. The molecule has 1 aliphatic carbocycles. The maximum absolute atomic E-state index is 15.0. The normalized spacial score (nSPS) is 15.5. The quantitative estimate of drug-likeness (QED) is 0.129. The monoisotopic (exact) mass is 861 g/mol. The van der Waals surface area contributed by atoms with Crippen LogP contribution in [0.2, 0.25) is 10.0 Å². The van der Waals surface area contributed by atoms with Crippen LogP contribution in [0.15, 0.2) is 97.3 Å². The molecule has 0 unspecified atom stereocenters. The molecule has 4 aromatic carbocycles. The first-order valence-electron chi connectivity index (χ1n) is 18.4. The van der Waals surface area contributed by atoms with E-state index in [1.54, 1.807) is 29.3 Å². The average molecular weight is 863 g/mol. The number of pyridine rings is 1. The minimum absolute atomic E-state index is 0.00629. The SMILES string of the molecule is COc1ccc(-c2ccncc2)cc1CN(C(=O)c1sc2c(F)ccc(F)c2c1Cl)[C@H]1CC[C@H](N(Cc2ccccc2)C(=O)c2sc3c(F)ccc(F)c3c2Cl)CC1. The molecule has 7 aromatic rings. The van der Waals surface area contributed by atoms with Gasteiger partial charge in [-0.05, 0) is 90.9 Å². The van der Waals surface area contributed by atoms with Gasteiger partial charge in [-0.25, -0.2) is 17.6 Å². The Morgan fingerprint density at radius 2 is 1.17 bits per heavy atom. The summed E-state index contributed by atoms with van der Waals surface area (Å²) in [6, 6.07) is 22.1. The van der Waals surface area contributed by atoms with Crippen molar-refractivity contribution < 1.29 is 31.9 Å². The number of amides is 2. The third kappa shape index (κ3) is 7.54. The molecule has 2 amide bonds. The molecule has 0 saturated heterocycles. The molecule has 1 aliphatic rings. The van der Waals surface area contributed by atoms with Gasteiger partial charge in [-0.2, -0.15) is 0 Å². The lowest BCUT2D eigenvalue weighted by Gasteiger charge is -2.41. The van der Waals surface area contributed by atoms with Crippen LogP contribution in [0.5, 0.6) is 5.75 Å². The van der Waals surface area contributed by atoms with Crippen molar-refractivity contribution in [3.8, 4) is 16.9 Å². The van der Waals surface area contributed by atoms with Crippen molar-refractivity contribution in [3.63, 3.8) is 0 Å². The number of fused-ring (bicyclic) bond motifs is 2. The summed E-state index contributed by atoms with van der Waals surface area (Å²) < 4.78 is 65.4. The molecule has 0 radical (unpaired) electrons. The lowest BCUT2D eigenvalue weighted by molar-refractivity contribution is 0.0460. The van der Waals surface area contributed by atoms with E-state index in [4.69, 9.17) is 27.9 Å². The maximum atomic E-state index is 15.0. The Balaban J connectivity index is 1.14. The molecule has 0 atom stereocenters. The van der Waals surface area contributed by atoms with Crippen molar-refractivity contribution in [2.24, 2.45) is 0 Å². The van der Waals surface area contributed by atoms with Crippen LogP contribution >= 0.6 is 45.9 Å². The molecule has 1 saturated carbocycles. The van der Waals surface area contributed by atoms with E-state index in [9.17, 15) is 22.8 Å². The summed E-state index contributed by atoms with van der Waals surface area (Å²) in [7, 11) is 1.54. The fourth-order valence-corrected chi connectivity index (χ4v) is 10.7. The van der Waals surface area contributed by atoms with Crippen LogP contribution in [0.1, 0.15) is 56.2 Å². The van der Waals surface area contributed by atoms with Crippen LogP contribution in [0.4, 0.5) is 17.6 Å². The molecule has 0 spiro atoms. The molecule has 14 heteroatoms. The second-order valence-corrected chi connectivity index (χ2v) is 16.8. The van der Waals surface area contributed by atoms with Crippen molar-refractivity contribution in [3.05, 3.63) is 152 Å². The lowest BCUT2D eigenvalue weighted by atomic mass is 9.88. The topological polar surface area (TPSA) is 62.7 Å². The number of ether oxygens (including phenoxy) is 1. The van der Waals surface area contributed by atoms with E-state index >= 15 is 4.39 Å². The third-order valence-electron chi connectivity index (χ3n) is 10.7. The van der Waals surface area contributed by atoms with Gasteiger partial charge in [-0.15, -0.1) is 22.7 Å². The Kier molecular flexibility index (Phi) is 11.5. The van der Waals surface area contributed by atoms with Crippen molar-refractivity contribution in [2.75, 3.05) is 7.11 Å². The number of rotatable bonds is 10. The summed E-state index contributed by atoms with van der Waals surface area (Å²) in [4.78, 5) is 36.8. The van der Waals surface area contributed by atoms with Crippen molar-refractivity contribution in [1.82, 2.24) is 14.8 Å². The highest BCUT2D eigenvalue weighted by Gasteiger charge is 2.37. The van der Waals surface area contributed by atoms with Gasteiger partial charge in [-0.3, -0.25) is 14.6 Å². The van der Waals surface area contributed by atoms with E-state index in [0.717, 1.165) is 63.6 Å². The van der Waals surface area contributed by atoms with Crippen LogP contribution in [0.25, 0.3) is 31.3 Å². The van der Waals surface area contributed by atoms with Gasteiger partial charge in [0.25, 0.3) is 11.8 Å². The van der Waals surface area contributed by atoms with Crippen LogP contribution in [0.3, 0.4) is 0 Å². The van der Waals surface area contributed by atoms with Gasteiger partial charge in [0.15, 0.2) is 0 Å². The predicted molar refractivity (Wildman–Crippen MR) is 222 cm³/mol. The van der Waals surface area contributed by atoms with E-state index in [1.165, 1.54) is 0 Å². The Morgan fingerprint density at radius 1 is 0.672 bits per heavy atom. The van der Waals surface area contributed by atoms with Gasteiger partial charge in [-0.1, -0.05) is 59.6 Å². The number of halogens is 6. The zero-order valence-electron chi connectivity index (χ0n) is 30.8. The van der Waals surface area contributed by atoms with Gasteiger partial charge < -0.3 is 14.5 Å². The Hall–Kier alpha value is -5.01. The second kappa shape index (κ2) is 16.7. The van der Waals surface area contributed by atoms with Crippen molar-refractivity contribution in [1.29, 1.82) is 0 Å². The average Bonchev–Trinajstić information content (AvgIpc) is 3.80. The fourth-order valence-electron chi connectivity index (χ4n) is 7.74. The highest BCUT2D eigenvalue weighted by atomic mass is 35.5. The molecule has 0 aliphatic heterocycles. The van der Waals surface area contributed by atoms with Crippen molar-refractivity contribution >= 4 is 77.9 Å². The molecular weight excluding hydrogens is 830 g/mol. The number of methoxy groups -OCH3 is 1. The number of hydrogen-bond donors (Lipinski definition) is 0. The molecule has 296 valence electrons. The Bertz CT molecular complexity index is 2670. The van der Waals surface area contributed by atoms with Crippen LogP contribution in [-0.4, -0.2) is 45.8 Å². The number of nitrogens with zero attached hydrogens (tertiary/aromatic N) is 3. The molecule has 8 rings (SSSR count). The number of aromatic nitrogens is 1. The van der Waals surface area contributed by atoms with Gasteiger partial charge in [0, 0.05) is 43.1 Å². The van der Waals surface area contributed by atoms with E-state index < -0.39 is 41.1 Å². The number of thiophene rings is 2. The number of carbonyl (C=O) groups excluding carboxylic acids is 2. The Labute approximate surface area is 349 Å². The van der Waals surface area contributed by atoms with Crippen molar-refractivity contribution in [2.45, 2.75) is 50.9 Å². The zero-order valence-corrected chi connectivity index (χ0v) is 33.9. The van der Waals surface area contributed by atoms with E-state index in [2.05, 4.69) is 4.98 Å². The minimum atomic E-state index is -0.733. The summed E-state index contributed by atoms with van der Waals surface area (Å²) >= 11 is 15.0. The van der Waals surface area contributed by atoms with Crippen LogP contribution in [-0.2, 0) is 13.1 Å². The minimum Gasteiger partial charge on any atom is -0.496 e. The molecular formula is C44H33Cl2F4N3O3S2. The van der Waals surface area contributed by atoms with Gasteiger partial charge >= 0.3 is 0 Å². The first-order valence-corrected chi connectivity index (χ1v) is 20.8. The van der Waals surface area contributed by atoms with E-state index in [0.29, 0.717) is 37.0 Å². The standard InChI is InChI=1S/C44H33Cl2F4N3O3S2/c1-56-34-16-7-26(25-17-19-51-20-18-25)21-27(34)23-53(44(55)42-38(46)36-31(48)13-15-33(50)40(36)58-42)29-10-8-28(9-11-29)52(22-24-5-3-2-4-6-24)43(54)41-37(45)35-30(47)12-14-32(49)39(35)57-41/h2-7,12-21,28-29H,8-11,22-23H2,1H3/t28-,29-. The predicted octanol–water partition coefficient (Wildman–Crippen LogP) is 12.3. The third-order valence-corrected chi connectivity index (χ3v) is 14.0. The molecule has 3 heterocycles. The van der Waals surface area contributed by atoms with E-state index in [-0.39, 0.29) is 59.1 Å². The summed E-state index contributed by atoms with van der Waals surface area (Å²) in [5, 5.41) is -0.575. The number of hydrogen-bond acceptors (Lipinski definition) is 6. The highest BCUT2D eigenvalue weighted by Crippen LogP contribution is 2.43. The fraction of sp³-hybridized carbons (Fsp3) is 0.205. The van der Waals surface area contributed by atoms with Crippen LogP contribution in [0, 0.1) is 23.3 Å². The Morgan fingerprint density at radius 3 is 1.67 bits per heavy atom. The lowest BCUT2D eigenvalue weighted by Crippen LogP contribution is -2.47. The smallest absolute Gasteiger partial charge is 0.266 e. The molecule has 3 aromatic heterocycles. The van der Waals surface area contributed by atoms with Crippen LogP contribution < -0.4 is 4.74 Å².